The molecule has 5 heteroatoms. The highest BCUT2D eigenvalue weighted by Crippen LogP contribution is 2.27. The van der Waals surface area contributed by atoms with Crippen LogP contribution < -0.4 is 4.90 Å². The van der Waals surface area contributed by atoms with Crippen LogP contribution in [0.1, 0.15) is 0 Å². The number of methoxy groups -OCH3 is 1. The molecule has 5 nitrogen and oxygen atoms in total. The first-order chi connectivity index (χ1) is 9.11. The van der Waals surface area contributed by atoms with Crippen LogP contribution in [0.5, 0.6) is 5.75 Å². The molecule has 1 unspecified atom stereocenters. The Hall–Kier alpha value is -1.85. The summed E-state index contributed by atoms with van der Waals surface area (Å²) in [6.07, 6.45) is 1.14. The molecular formula is C14H18N2O3. The van der Waals surface area contributed by atoms with Crippen molar-refractivity contribution in [3.05, 3.63) is 30.5 Å². The van der Waals surface area contributed by atoms with Crippen molar-refractivity contribution in [2.45, 2.75) is 6.10 Å². The lowest BCUT2D eigenvalue weighted by Gasteiger charge is -2.22. The number of rotatable bonds is 5. The van der Waals surface area contributed by atoms with Crippen molar-refractivity contribution in [2.24, 2.45) is 0 Å². The third-order valence-corrected chi connectivity index (χ3v) is 2.93. The van der Waals surface area contributed by atoms with E-state index in [2.05, 4.69) is 4.98 Å². The summed E-state index contributed by atoms with van der Waals surface area (Å²) in [6.45, 7) is 0.690. The topological polar surface area (TPSA) is 65.8 Å². The molecule has 0 fully saturated rings. The highest BCUT2D eigenvalue weighted by atomic mass is 16.5. The van der Waals surface area contributed by atoms with Gasteiger partial charge in [-0.05, 0) is 23.6 Å². The van der Waals surface area contributed by atoms with E-state index < -0.39 is 6.10 Å². The Morgan fingerprint density at radius 1 is 1.37 bits per heavy atom. The lowest BCUT2D eigenvalue weighted by atomic mass is 10.1. The average molecular weight is 262 g/mol. The van der Waals surface area contributed by atoms with E-state index in [1.807, 2.05) is 24.1 Å². The molecule has 0 spiro atoms. The first-order valence-electron chi connectivity index (χ1n) is 6.07. The van der Waals surface area contributed by atoms with Gasteiger partial charge in [-0.15, -0.1) is 0 Å². The first-order valence-corrected chi connectivity index (χ1v) is 6.07. The molecule has 1 aromatic carbocycles. The smallest absolute Gasteiger partial charge is 0.136 e. The second kappa shape index (κ2) is 5.86. The molecule has 0 bridgehead atoms. The highest BCUT2D eigenvalue weighted by molar-refractivity contribution is 5.93. The van der Waals surface area contributed by atoms with Crippen molar-refractivity contribution in [2.75, 3.05) is 32.2 Å². The van der Waals surface area contributed by atoms with Crippen LogP contribution in [0, 0.1) is 0 Å². The van der Waals surface area contributed by atoms with Crippen LogP contribution in [0.4, 0.5) is 5.82 Å². The monoisotopic (exact) mass is 262 g/mol. The van der Waals surface area contributed by atoms with E-state index in [0.717, 1.165) is 16.6 Å². The third kappa shape index (κ3) is 3.13. The van der Waals surface area contributed by atoms with E-state index in [4.69, 9.17) is 4.74 Å². The summed E-state index contributed by atoms with van der Waals surface area (Å²) < 4.78 is 4.91. The number of anilines is 1. The SMILES string of the molecule is COCC(O)CN(C)c1nccc2ccc(O)cc12. The number of aliphatic hydroxyl groups is 1. The summed E-state index contributed by atoms with van der Waals surface area (Å²) in [4.78, 5) is 6.18. The molecule has 0 aliphatic carbocycles. The molecule has 102 valence electrons. The van der Waals surface area contributed by atoms with Crippen molar-refractivity contribution < 1.29 is 14.9 Å². The zero-order chi connectivity index (χ0) is 13.8. The molecule has 19 heavy (non-hydrogen) atoms. The molecule has 0 saturated heterocycles. The quantitative estimate of drug-likeness (QED) is 0.852. The van der Waals surface area contributed by atoms with E-state index >= 15 is 0 Å². The molecule has 2 aromatic rings. The number of hydrogen-bond donors (Lipinski definition) is 2. The number of phenols is 1. The summed E-state index contributed by atoms with van der Waals surface area (Å²) in [7, 11) is 3.40. The molecule has 0 aliphatic heterocycles. The molecule has 1 heterocycles. The standard InChI is InChI=1S/C14H18N2O3/c1-16(8-12(18)9-19-2)14-13-7-11(17)4-3-10(13)5-6-15-14/h3-7,12,17-18H,8-9H2,1-2H3. The van der Waals surface area contributed by atoms with Crippen molar-refractivity contribution in [3.63, 3.8) is 0 Å². The van der Waals surface area contributed by atoms with Crippen LogP contribution >= 0.6 is 0 Å². The zero-order valence-corrected chi connectivity index (χ0v) is 11.1. The molecule has 1 aromatic heterocycles. The number of phenolic OH excluding ortho intramolecular Hbond substituents is 1. The fraction of sp³-hybridized carbons (Fsp3) is 0.357. The summed E-state index contributed by atoms with van der Waals surface area (Å²) in [5.74, 6) is 0.927. The number of aromatic nitrogens is 1. The van der Waals surface area contributed by atoms with Crippen LogP contribution in [0.3, 0.4) is 0 Å². The minimum Gasteiger partial charge on any atom is -0.508 e. The minimum atomic E-state index is -0.579. The van der Waals surface area contributed by atoms with Gasteiger partial charge in [0.05, 0.1) is 12.7 Å². The first kappa shape index (κ1) is 13.6. The van der Waals surface area contributed by atoms with Gasteiger partial charge >= 0.3 is 0 Å². The number of aromatic hydroxyl groups is 1. The van der Waals surface area contributed by atoms with Crippen LogP contribution in [0.25, 0.3) is 10.8 Å². The maximum atomic E-state index is 9.76. The molecule has 0 saturated carbocycles. The van der Waals surface area contributed by atoms with Gasteiger partial charge in [0.1, 0.15) is 11.6 Å². The second-order valence-electron chi connectivity index (χ2n) is 4.53. The Balaban J connectivity index is 2.31. The Bertz CT molecular complexity index is 559. The second-order valence-corrected chi connectivity index (χ2v) is 4.53. The predicted octanol–water partition coefficient (Wildman–Crippen LogP) is 1.38. The van der Waals surface area contributed by atoms with Gasteiger partial charge in [-0.2, -0.15) is 0 Å². The summed E-state index contributed by atoms with van der Waals surface area (Å²) >= 11 is 0. The summed E-state index contributed by atoms with van der Waals surface area (Å²) in [5, 5.41) is 21.2. The van der Waals surface area contributed by atoms with Crippen molar-refractivity contribution in [1.29, 1.82) is 0 Å². The maximum absolute atomic E-state index is 9.76. The Labute approximate surface area is 112 Å². The molecule has 2 rings (SSSR count). The molecule has 1 atom stereocenters. The van der Waals surface area contributed by atoms with Gasteiger partial charge in [0.25, 0.3) is 0 Å². The molecule has 0 aliphatic rings. The van der Waals surface area contributed by atoms with Crippen LogP contribution in [-0.4, -0.2) is 48.6 Å². The van der Waals surface area contributed by atoms with Crippen LogP contribution in [-0.2, 0) is 4.74 Å². The van der Waals surface area contributed by atoms with Gasteiger partial charge in [-0.25, -0.2) is 4.98 Å². The molecule has 0 amide bonds. The third-order valence-electron chi connectivity index (χ3n) is 2.93. The summed E-state index contributed by atoms with van der Waals surface area (Å²) in [5.41, 5.74) is 0. The van der Waals surface area contributed by atoms with Gasteiger partial charge in [-0.1, -0.05) is 6.07 Å². The zero-order valence-electron chi connectivity index (χ0n) is 11.1. The fourth-order valence-electron chi connectivity index (χ4n) is 2.09. The number of aliphatic hydroxyl groups excluding tert-OH is 1. The van der Waals surface area contributed by atoms with E-state index in [0.29, 0.717) is 6.54 Å². The number of nitrogens with zero attached hydrogens (tertiary/aromatic N) is 2. The number of hydrogen-bond acceptors (Lipinski definition) is 5. The number of ether oxygens (including phenoxy) is 1. The van der Waals surface area contributed by atoms with E-state index in [1.54, 1.807) is 25.4 Å². The molecule has 0 radical (unpaired) electrons. The fourth-order valence-corrected chi connectivity index (χ4v) is 2.09. The van der Waals surface area contributed by atoms with Gasteiger partial charge in [0, 0.05) is 32.3 Å². The average Bonchev–Trinajstić information content (AvgIpc) is 2.38. The van der Waals surface area contributed by atoms with Gasteiger partial charge in [-0.3, -0.25) is 0 Å². The minimum absolute atomic E-state index is 0.201. The maximum Gasteiger partial charge on any atom is 0.136 e. The largest absolute Gasteiger partial charge is 0.508 e. The number of benzene rings is 1. The normalized spacial score (nSPS) is 12.6. The van der Waals surface area contributed by atoms with Crippen LogP contribution in [0.2, 0.25) is 0 Å². The Kier molecular flexibility index (Phi) is 4.19. The lowest BCUT2D eigenvalue weighted by molar-refractivity contribution is 0.0694. The highest BCUT2D eigenvalue weighted by Gasteiger charge is 2.12. The summed E-state index contributed by atoms with van der Waals surface area (Å²) in [6, 6.07) is 7.05. The lowest BCUT2D eigenvalue weighted by Crippen LogP contribution is -2.32. The predicted molar refractivity (Wildman–Crippen MR) is 74.6 cm³/mol. The van der Waals surface area contributed by atoms with Crippen LogP contribution in [0.15, 0.2) is 30.5 Å². The van der Waals surface area contributed by atoms with Gasteiger partial charge < -0.3 is 19.8 Å². The Morgan fingerprint density at radius 3 is 2.89 bits per heavy atom. The Morgan fingerprint density at radius 2 is 2.16 bits per heavy atom. The van der Waals surface area contributed by atoms with E-state index in [9.17, 15) is 10.2 Å². The van der Waals surface area contributed by atoms with Crippen molar-refractivity contribution in [1.82, 2.24) is 4.98 Å². The van der Waals surface area contributed by atoms with Gasteiger partial charge in [0.15, 0.2) is 0 Å². The molecule has 2 N–H and O–H groups in total. The van der Waals surface area contributed by atoms with E-state index in [1.165, 1.54) is 0 Å². The number of likely N-dealkylation sites (N-methyl/N-ethyl adjacent to an activating group) is 1. The molecular weight excluding hydrogens is 244 g/mol. The number of fused-ring (bicyclic) bond motifs is 1. The van der Waals surface area contributed by atoms with Crippen molar-refractivity contribution in [3.8, 4) is 5.75 Å². The van der Waals surface area contributed by atoms with Crippen molar-refractivity contribution >= 4 is 16.6 Å². The number of pyridine rings is 1. The van der Waals surface area contributed by atoms with Gasteiger partial charge in [0.2, 0.25) is 0 Å². The van der Waals surface area contributed by atoms with E-state index in [-0.39, 0.29) is 12.4 Å².